The van der Waals surface area contributed by atoms with Gasteiger partial charge in [-0.2, -0.15) is 0 Å². The van der Waals surface area contributed by atoms with Crippen LogP contribution in [0.3, 0.4) is 0 Å². The van der Waals surface area contributed by atoms with Crippen LogP contribution in [0.4, 0.5) is 0 Å². The van der Waals surface area contributed by atoms with Crippen LogP contribution in [-0.2, 0) is 65.4 Å². The molecule has 0 saturated heterocycles. The summed E-state index contributed by atoms with van der Waals surface area (Å²) in [6.07, 6.45) is 77.9. The van der Waals surface area contributed by atoms with Crippen molar-refractivity contribution in [1.29, 1.82) is 0 Å². The van der Waals surface area contributed by atoms with Crippen LogP contribution in [0.5, 0.6) is 0 Å². The van der Waals surface area contributed by atoms with Gasteiger partial charge in [0.1, 0.15) is 19.3 Å². The molecule has 2 unspecified atom stereocenters. The molecule has 19 heteroatoms. The molecule has 0 aromatic carbocycles. The van der Waals surface area contributed by atoms with Crippen molar-refractivity contribution in [1.82, 2.24) is 0 Å². The number of ether oxygens (including phenoxy) is 4. The minimum atomic E-state index is -4.98. The maximum atomic E-state index is 13.1. The number of aliphatic hydroxyl groups is 1. The van der Waals surface area contributed by atoms with Gasteiger partial charge in [0.2, 0.25) is 0 Å². The number of hydrogen-bond acceptors (Lipinski definition) is 15. The highest BCUT2D eigenvalue weighted by Gasteiger charge is 2.30. The lowest BCUT2D eigenvalue weighted by atomic mass is 10.0. The largest absolute Gasteiger partial charge is 0.472 e. The maximum Gasteiger partial charge on any atom is 0.472 e. The second-order valence-corrected chi connectivity index (χ2v) is 32.1. The van der Waals surface area contributed by atoms with Gasteiger partial charge in [-0.25, -0.2) is 9.13 Å². The van der Waals surface area contributed by atoms with Gasteiger partial charge in [0.05, 0.1) is 26.4 Å². The smallest absolute Gasteiger partial charge is 0.462 e. The molecule has 0 radical (unpaired) electrons. The highest BCUT2D eigenvalue weighted by molar-refractivity contribution is 7.47. The second kappa shape index (κ2) is 78.2. The van der Waals surface area contributed by atoms with Gasteiger partial charge in [-0.15, -0.1) is 0 Å². The Bertz CT molecular complexity index is 2150. The van der Waals surface area contributed by atoms with Crippen molar-refractivity contribution in [2.75, 3.05) is 39.6 Å². The highest BCUT2D eigenvalue weighted by atomic mass is 31.2. The molecule has 104 heavy (non-hydrogen) atoms. The van der Waals surface area contributed by atoms with Crippen LogP contribution < -0.4 is 0 Å². The molecule has 0 aliphatic carbocycles. The van der Waals surface area contributed by atoms with Gasteiger partial charge in [0, 0.05) is 25.7 Å². The molecule has 0 aliphatic heterocycles. The number of carbonyl (C=O) groups is 4. The molecule has 0 fully saturated rings. The van der Waals surface area contributed by atoms with Gasteiger partial charge in [-0.3, -0.25) is 37.3 Å². The molecule has 3 N–H and O–H groups in total. The van der Waals surface area contributed by atoms with Gasteiger partial charge in [-0.05, 0) is 64.2 Å². The summed E-state index contributed by atoms with van der Waals surface area (Å²) in [6.45, 7) is 4.92. The first-order valence-corrected chi connectivity index (χ1v) is 45.9. The van der Waals surface area contributed by atoms with Gasteiger partial charge in [0.15, 0.2) is 12.2 Å². The zero-order valence-electron chi connectivity index (χ0n) is 67.0. The Balaban J connectivity index is 5.36. The predicted octanol–water partition coefficient (Wildman–Crippen LogP) is 25.2. The summed E-state index contributed by atoms with van der Waals surface area (Å²) in [4.78, 5) is 73.2. The summed E-state index contributed by atoms with van der Waals surface area (Å²) in [5.41, 5.74) is 0. The third-order valence-corrected chi connectivity index (χ3v) is 20.7. The number of phosphoric acid groups is 2. The molecular formula is C85H158O17P2. The lowest BCUT2D eigenvalue weighted by Gasteiger charge is -2.21. The molecule has 0 rings (SSSR count). The van der Waals surface area contributed by atoms with Crippen LogP contribution in [0.25, 0.3) is 0 Å². The third-order valence-electron chi connectivity index (χ3n) is 18.8. The Morgan fingerprint density at radius 1 is 0.269 bits per heavy atom. The van der Waals surface area contributed by atoms with Crippen molar-refractivity contribution in [2.24, 2.45) is 0 Å². The normalized spacial score (nSPS) is 14.0. The van der Waals surface area contributed by atoms with Crippen molar-refractivity contribution in [3.63, 3.8) is 0 Å². The maximum absolute atomic E-state index is 13.1. The topological polar surface area (TPSA) is 237 Å². The van der Waals surface area contributed by atoms with Crippen LogP contribution in [0.1, 0.15) is 413 Å². The van der Waals surface area contributed by atoms with Crippen molar-refractivity contribution in [3.8, 4) is 0 Å². The molecule has 0 spiro atoms. The zero-order chi connectivity index (χ0) is 76.0. The van der Waals surface area contributed by atoms with E-state index in [1.165, 1.54) is 238 Å². The Labute approximate surface area is 636 Å². The predicted molar refractivity (Wildman–Crippen MR) is 427 cm³/mol. The van der Waals surface area contributed by atoms with Crippen LogP contribution in [0.15, 0.2) is 48.6 Å². The minimum absolute atomic E-state index is 0.0258. The number of hydrogen-bond donors (Lipinski definition) is 3. The van der Waals surface area contributed by atoms with E-state index in [2.05, 4.69) is 64.2 Å². The van der Waals surface area contributed by atoms with Crippen LogP contribution in [0, 0.1) is 0 Å². The summed E-state index contributed by atoms with van der Waals surface area (Å²) in [5.74, 6) is -2.19. The molecule has 0 aromatic heterocycles. The SMILES string of the molecule is CCCCC/C=C\C/C=C\C/C=C\C/C=C\CCCC(=O)O[C@H](COC(=O)CCCCCCCCCCCCCCCCC)COP(=O)(O)OC[C@@H](O)COP(=O)(O)OC[C@@H](COC(=O)CCCCCCCCCCCCCCCCC)OC(=O)CCCCCCCCCCCCCCCCCCC. The van der Waals surface area contributed by atoms with Crippen molar-refractivity contribution in [2.45, 2.75) is 431 Å². The van der Waals surface area contributed by atoms with E-state index in [0.29, 0.717) is 32.1 Å². The first kappa shape index (κ1) is 101. The zero-order valence-corrected chi connectivity index (χ0v) is 68.8. The van der Waals surface area contributed by atoms with Crippen LogP contribution >= 0.6 is 15.6 Å². The Hall–Kier alpha value is -2.98. The van der Waals surface area contributed by atoms with E-state index in [-0.39, 0.29) is 25.7 Å². The first-order valence-electron chi connectivity index (χ1n) is 42.9. The van der Waals surface area contributed by atoms with Crippen molar-refractivity contribution in [3.05, 3.63) is 48.6 Å². The molecule has 0 aliphatic rings. The lowest BCUT2D eigenvalue weighted by molar-refractivity contribution is -0.161. The standard InChI is InChI=1S/C85H158O17P2/c1-5-9-13-17-21-25-29-33-37-39-43-47-51-55-59-63-67-71-84(89)101-80(75-95-82(87)69-65-61-57-53-49-45-41-35-31-27-23-19-15-11-7-3)77-99-103(91,92)97-73-79(86)74-98-104(93,94)100-78-81(76-96-83(88)70-66-62-58-54-50-46-42-36-32-28-24-20-16-12-8-4)102-85(90)72-68-64-60-56-52-48-44-40-38-34-30-26-22-18-14-10-6-2/h21,25,33,37,43,47,55,59,79-81,86H,5-20,22-24,26-32,34-36,38-42,44-46,48-54,56-58,60-78H2,1-4H3,(H,91,92)(H,93,94)/b25-21-,37-33-,47-43-,59-55-/t79-,80-,81-/m1/s1. The average molecular weight is 1510 g/mol. The van der Waals surface area contributed by atoms with E-state index in [0.717, 1.165) is 89.9 Å². The molecule has 17 nitrogen and oxygen atoms in total. The van der Waals surface area contributed by atoms with E-state index in [4.69, 9.17) is 37.0 Å². The Morgan fingerprint density at radius 3 is 0.760 bits per heavy atom. The second-order valence-electron chi connectivity index (χ2n) is 29.2. The van der Waals surface area contributed by atoms with E-state index in [1.807, 2.05) is 12.2 Å². The van der Waals surface area contributed by atoms with Crippen molar-refractivity contribution >= 4 is 39.5 Å². The number of aliphatic hydroxyl groups excluding tert-OH is 1. The summed E-state index contributed by atoms with van der Waals surface area (Å²) in [5, 5.41) is 10.7. The summed E-state index contributed by atoms with van der Waals surface area (Å²) in [6, 6.07) is 0. The van der Waals surface area contributed by atoms with E-state index >= 15 is 0 Å². The third kappa shape index (κ3) is 77.2. The van der Waals surface area contributed by atoms with Crippen molar-refractivity contribution < 1.29 is 80.2 Å². The molecule has 610 valence electrons. The molecule has 0 saturated carbocycles. The fourth-order valence-corrected chi connectivity index (χ4v) is 13.9. The highest BCUT2D eigenvalue weighted by Crippen LogP contribution is 2.45. The number of phosphoric ester groups is 2. The summed E-state index contributed by atoms with van der Waals surface area (Å²) >= 11 is 0. The molecule has 0 aromatic rings. The molecule has 0 heterocycles. The quantitative estimate of drug-likeness (QED) is 0.0169. The number of unbranched alkanes of at least 4 members (excludes halogenated alkanes) is 48. The number of allylic oxidation sites excluding steroid dienone is 8. The molecule has 0 bridgehead atoms. The van der Waals surface area contributed by atoms with E-state index < -0.39 is 97.5 Å². The van der Waals surface area contributed by atoms with Crippen LogP contribution in [-0.4, -0.2) is 96.7 Å². The Kier molecular flexibility index (Phi) is 75.9. The van der Waals surface area contributed by atoms with Gasteiger partial charge in [-0.1, -0.05) is 372 Å². The minimum Gasteiger partial charge on any atom is -0.462 e. The van der Waals surface area contributed by atoms with Gasteiger partial charge in [0.25, 0.3) is 0 Å². The first-order chi connectivity index (χ1) is 50.7. The number of esters is 4. The fraction of sp³-hybridized carbons (Fsp3) is 0.859. The summed E-state index contributed by atoms with van der Waals surface area (Å²) < 4.78 is 68.8. The fourth-order valence-electron chi connectivity index (χ4n) is 12.3. The number of carbonyl (C=O) groups excluding carboxylic acids is 4. The van der Waals surface area contributed by atoms with Crippen LogP contribution in [0.2, 0.25) is 0 Å². The number of rotatable bonds is 82. The monoisotopic (exact) mass is 1510 g/mol. The summed E-state index contributed by atoms with van der Waals surface area (Å²) in [7, 11) is -9.96. The average Bonchev–Trinajstić information content (AvgIpc) is 0.907. The molecule has 0 amide bonds. The molecular weight excluding hydrogens is 1350 g/mol. The van der Waals surface area contributed by atoms with Gasteiger partial charge < -0.3 is 33.8 Å². The lowest BCUT2D eigenvalue weighted by Crippen LogP contribution is -2.30. The van der Waals surface area contributed by atoms with Gasteiger partial charge >= 0.3 is 39.5 Å². The van der Waals surface area contributed by atoms with E-state index in [1.54, 1.807) is 0 Å². The molecule has 5 atom stereocenters. The Morgan fingerprint density at radius 2 is 0.481 bits per heavy atom. The van der Waals surface area contributed by atoms with E-state index in [9.17, 15) is 43.2 Å².